The van der Waals surface area contributed by atoms with Gasteiger partial charge < -0.3 is 15.6 Å². The summed E-state index contributed by atoms with van der Waals surface area (Å²) in [5, 5.41) is 5.56. The van der Waals surface area contributed by atoms with Crippen LogP contribution in [0.15, 0.2) is 43.0 Å². The molecule has 2 heterocycles. The molecule has 6 nitrogen and oxygen atoms in total. The van der Waals surface area contributed by atoms with Crippen molar-refractivity contribution in [2.45, 2.75) is 13.3 Å². The molecule has 2 amide bonds. The predicted molar refractivity (Wildman–Crippen MR) is 82.4 cm³/mol. The van der Waals surface area contributed by atoms with Gasteiger partial charge in [0.2, 0.25) is 0 Å². The third-order valence-corrected chi connectivity index (χ3v) is 3.21. The van der Waals surface area contributed by atoms with Crippen molar-refractivity contribution in [2.75, 3.05) is 10.6 Å². The van der Waals surface area contributed by atoms with E-state index in [0.717, 1.165) is 17.6 Å². The fourth-order valence-corrected chi connectivity index (χ4v) is 2.07. The van der Waals surface area contributed by atoms with Crippen molar-refractivity contribution in [1.29, 1.82) is 0 Å². The Labute approximate surface area is 121 Å². The van der Waals surface area contributed by atoms with Crippen LogP contribution in [0.4, 0.5) is 16.2 Å². The zero-order chi connectivity index (χ0) is 14.7. The molecule has 1 aromatic carbocycles. The van der Waals surface area contributed by atoms with Gasteiger partial charge in [0.25, 0.3) is 0 Å². The molecule has 0 saturated heterocycles. The van der Waals surface area contributed by atoms with Gasteiger partial charge in [-0.3, -0.25) is 0 Å². The quantitative estimate of drug-likeness (QED) is 0.689. The number of urea groups is 1. The Morgan fingerprint density at radius 2 is 2.05 bits per heavy atom. The molecule has 3 N–H and O–H groups in total. The number of benzene rings is 1. The fraction of sp³-hybridized carbons (Fsp3) is 0.133. The topological polar surface area (TPSA) is 82.7 Å². The maximum absolute atomic E-state index is 12.0. The Hall–Kier alpha value is -2.89. The number of anilines is 2. The Kier molecular flexibility index (Phi) is 3.51. The van der Waals surface area contributed by atoms with Crippen LogP contribution in [-0.4, -0.2) is 21.0 Å². The lowest BCUT2D eigenvalue weighted by Crippen LogP contribution is -2.19. The van der Waals surface area contributed by atoms with E-state index in [2.05, 4.69) is 32.5 Å². The van der Waals surface area contributed by atoms with Crippen molar-refractivity contribution in [3.8, 4) is 0 Å². The molecule has 2 aromatic heterocycles. The minimum atomic E-state index is -0.307. The Morgan fingerprint density at radius 3 is 2.81 bits per heavy atom. The van der Waals surface area contributed by atoms with E-state index in [9.17, 15) is 4.79 Å². The number of amides is 2. The number of H-pyrrole nitrogens is 1. The van der Waals surface area contributed by atoms with Crippen molar-refractivity contribution in [1.82, 2.24) is 15.0 Å². The molecule has 3 aromatic rings. The van der Waals surface area contributed by atoms with E-state index < -0.39 is 0 Å². The Morgan fingerprint density at radius 1 is 1.24 bits per heavy atom. The van der Waals surface area contributed by atoms with E-state index in [1.165, 1.54) is 11.9 Å². The molecule has 0 aliphatic carbocycles. The van der Waals surface area contributed by atoms with Crippen LogP contribution >= 0.6 is 0 Å². The minimum Gasteiger partial charge on any atom is -0.357 e. The molecule has 0 radical (unpaired) electrons. The number of aromatic nitrogens is 3. The van der Waals surface area contributed by atoms with Gasteiger partial charge in [0.05, 0.1) is 17.4 Å². The number of fused-ring (bicyclic) bond motifs is 1. The van der Waals surface area contributed by atoms with Crippen LogP contribution in [-0.2, 0) is 6.42 Å². The first kappa shape index (κ1) is 13.1. The highest BCUT2D eigenvalue weighted by Gasteiger charge is 2.08. The van der Waals surface area contributed by atoms with Gasteiger partial charge in [-0.2, -0.15) is 0 Å². The van der Waals surface area contributed by atoms with E-state index in [0.29, 0.717) is 11.2 Å². The van der Waals surface area contributed by atoms with Crippen LogP contribution in [0.5, 0.6) is 0 Å². The Bertz CT molecular complexity index is 763. The molecule has 0 atom stereocenters. The highest BCUT2D eigenvalue weighted by atomic mass is 16.2. The lowest BCUT2D eigenvalue weighted by atomic mass is 10.1. The molecule has 0 fully saturated rings. The molecule has 3 rings (SSSR count). The predicted octanol–water partition coefficient (Wildman–Crippen LogP) is 3.16. The maximum atomic E-state index is 12.0. The fourth-order valence-electron chi connectivity index (χ4n) is 2.07. The lowest BCUT2D eigenvalue weighted by molar-refractivity contribution is 0.262. The summed E-state index contributed by atoms with van der Waals surface area (Å²) in [5.41, 5.74) is 4.06. The van der Waals surface area contributed by atoms with Gasteiger partial charge in [-0.05, 0) is 24.1 Å². The van der Waals surface area contributed by atoms with Gasteiger partial charge in [0.15, 0.2) is 0 Å². The van der Waals surface area contributed by atoms with Crippen LogP contribution in [0.1, 0.15) is 12.5 Å². The van der Waals surface area contributed by atoms with Crippen LogP contribution in [0, 0.1) is 0 Å². The van der Waals surface area contributed by atoms with E-state index in [1.807, 2.05) is 24.3 Å². The smallest absolute Gasteiger partial charge is 0.323 e. The average Bonchev–Trinajstić information content (AvgIpc) is 2.91. The molecular weight excluding hydrogens is 266 g/mol. The normalized spacial score (nSPS) is 10.5. The average molecular weight is 281 g/mol. The minimum absolute atomic E-state index is 0.307. The maximum Gasteiger partial charge on any atom is 0.323 e. The van der Waals surface area contributed by atoms with Gasteiger partial charge in [-0.25, -0.2) is 14.8 Å². The third-order valence-electron chi connectivity index (χ3n) is 3.21. The molecule has 0 spiro atoms. The van der Waals surface area contributed by atoms with Gasteiger partial charge in [0.1, 0.15) is 11.8 Å². The molecule has 0 saturated carbocycles. The second kappa shape index (κ2) is 5.62. The molecule has 21 heavy (non-hydrogen) atoms. The van der Waals surface area contributed by atoms with Crippen molar-refractivity contribution in [2.24, 2.45) is 0 Å². The number of carbonyl (C=O) groups is 1. The molecular formula is C15H15N5O. The van der Waals surface area contributed by atoms with Crippen LogP contribution in [0.2, 0.25) is 0 Å². The Balaban J connectivity index is 1.71. The number of nitrogens with zero attached hydrogens (tertiary/aromatic N) is 2. The monoisotopic (exact) mass is 281 g/mol. The van der Waals surface area contributed by atoms with Crippen LogP contribution in [0.25, 0.3) is 11.0 Å². The number of hydrogen-bond donors (Lipinski definition) is 3. The van der Waals surface area contributed by atoms with Gasteiger partial charge in [-0.15, -0.1) is 0 Å². The number of rotatable bonds is 3. The third kappa shape index (κ3) is 2.84. The largest absolute Gasteiger partial charge is 0.357 e. The summed E-state index contributed by atoms with van der Waals surface area (Å²) in [5.74, 6) is 0. The van der Waals surface area contributed by atoms with Crippen molar-refractivity contribution >= 4 is 28.4 Å². The standard InChI is InChI=1S/C15H15N5O/c1-2-10-3-5-11(6-4-10)19-15(21)20-13-8-17-12-7-16-9-18-14(12)13/h3-9,17H,2H2,1H3,(H2,19,20,21). The van der Waals surface area contributed by atoms with Gasteiger partial charge >= 0.3 is 6.03 Å². The lowest BCUT2D eigenvalue weighted by Gasteiger charge is -2.07. The summed E-state index contributed by atoms with van der Waals surface area (Å²) < 4.78 is 0. The summed E-state index contributed by atoms with van der Waals surface area (Å²) >= 11 is 0. The zero-order valence-electron chi connectivity index (χ0n) is 11.6. The summed E-state index contributed by atoms with van der Waals surface area (Å²) in [4.78, 5) is 23.1. The summed E-state index contributed by atoms with van der Waals surface area (Å²) in [6.45, 7) is 2.09. The first-order chi connectivity index (χ1) is 10.3. The van der Waals surface area contributed by atoms with E-state index >= 15 is 0 Å². The van der Waals surface area contributed by atoms with Crippen molar-refractivity contribution < 1.29 is 4.79 Å². The van der Waals surface area contributed by atoms with Gasteiger partial charge in [-0.1, -0.05) is 19.1 Å². The van der Waals surface area contributed by atoms with Crippen LogP contribution < -0.4 is 10.6 Å². The van der Waals surface area contributed by atoms with E-state index in [1.54, 1.807) is 12.4 Å². The van der Waals surface area contributed by atoms with E-state index in [-0.39, 0.29) is 6.03 Å². The molecule has 0 aliphatic heterocycles. The van der Waals surface area contributed by atoms with Gasteiger partial charge in [0, 0.05) is 11.9 Å². The molecule has 106 valence electrons. The summed E-state index contributed by atoms with van der Waals surface area (Å²) in [6, 6.07) is 7.45. The highest BCUT2D eigenvalue weighted by Crippen LogP contribution is 2.19. The SMILES string of the molecule is CCc1ccc(NC(=O)Nc2c[nH]c3cncnc23)cc1. The van der Waals surface area contributed by atoms with Crippen LogP contribution in [0.3, 0.4) is 0 Å². The number of carbonyl (C=O) groups excluding carboxylic acids is 1. The number of aromatic amines is 1. The second-order valence-electron chi connectivity index (χ2n) is 4.62. The van der Waals surface area contributed by atoms with Crippen molar-refractivity contribution in [3.05, 3.63) is 48.5 Å². The molecule has 6 heteroatoms. The second-order valence-corrected chi connectivity index (χ2v) is 4.62. The molecule has 0 unspecified atom stereocenters. The highest BCUT2D eigenvalue weighted by molar-refractivity contribution is 6.04. The number of hydrogen-bond acceptors (Lipinski definition) is 3. The molecule has 0 bridgehead atoms. The number of nitrogens with one attached hydrogen (secondary N) is 3. The summed E-state index contributed by atoms with van der Waals surface area (Å²) in [7, 11) is 0. The van der Waals surface area contributed by atoms with Crippen molar-refractivity contribution in [3.63, 3.8) is 0 Å². The molecule has 0 aliphatic rings. The zero-order valence-corrected chi connectivity index (χ0v) is 11.6. The summed E-state index contributed by atoms with van der Waals surface area (Å²) in [6.07, 6.45) is 5.78. The van der Waals surface area contributed by atoms with E-state index in [4.69, 9.17) is 0 Å². The first-order valence-corrected chi connectivity index (χ1v) is 6.70. The number of aryl methyl sites for hydroxylation is 1. The first-order valence-electron chi connectivity index (χ1n) is 6.70.